The van der Waals surface area contributed by atoms with Crippen LogP contribution in [0.5, 0.6) is 0 Å². The van der Waals surface area contributed by atoms with Crippen molar-refractivity contribution in [3.8, 4) is 0 Å². The Balaban J connectivity index is 1.71. The van der Waals surface area contributed by atoms with Crippen LogP contribution in [0.15, 0.2) is 24.3 Å². The molecule has 23 heavy (non-hydrogen) atoms. The topological polar surface area (TPSA) is 49.4 Å². The summed E-state index contributed by atoms with van der Waals surface area (Å²) in [6.07, 6.45) is 3.65. The van der Waals surface area contributed by atoms with Gasteiger partial charge in [0.2, 0.25) is 11.8 Å². The first kappa shape index (κ1) is 16.0. The van der Waals surface area contributed by atoms with E-state index in [-0.39, 0.29) is 29.7 Å². The number of likely N-dealkylation sites (tertiary alicyclic amines) is 1. The fourth-order valence-corrected chi connectivity index (χ4v) is 3.98. The van der Waals surface area contributed by atoms with Gasteiger partial charge in [-0.05, 0) is 44.4 Å². The molecule has 0 bridgehead atoms. The van der Waals surface area contributed by atoms with Crippen molar-refractivity contribution in [2.45, 2.75) is 58.2 Å². The Morgan fingerprint density at radius 3 is 2.48 bits per heavy atom. The van der Waals surface area contributed by atoms with Crippen LogP contribution in [0.4, 0.5) is 4.39 Å². The van der Waals surface area contributed by atoms with Crippen molar-refractivity contribution in [3.05, 3.63) is 35.6 Å². The maximum Gasteiger partial charge on any atom is 0.244 e. The highest BCUT2D eigenvalue weighted by atomic mass is 19.1. The number of amides is 2. The van der Waals surface area contributed by atoms with Gasteiger partial charge in [-0.25, -0.2) is 4.39 Å². The first-order valence-corrected chi connectivity index (χ1v) is 8.30. The molecule has 1 aliphatic heterocycles. The average molecular weight is 318 g/mol. The second-order valence-corrected chi connectivity index (χ2v) is 6.92. The molecule has 2 fully saturated rings. The summed E-state index contributed by atoms with van der Waals surface area (Å²) < 4.78 is 12.9. The summed E-state index contributed by atoms with van der Waals surface area (Å²) in [6, 6.07) is 5.74. The lowest BCUT2D eigenvalue weighted by Gasteiger charge is -2.55. The van der Waals surface area contributed by atoms with Crippen LogP contribution in [0, 0.1) is 11.2 Å². The summed E-state index contributed by atoms with van der Waals surface area (Å²) in [7, 11) is 0. The van der Waals surface area contributed by atoms with Crippen LogP contribution in [0.3, 0.4) is 0 Å². The molecule has 1 aromatic rings. The molecule has 1 aromatic carbocycles. The molecule has 1 saturated carbocycles. The first-order chi connectivity index (χ1) is 11.0. The van der Waals surface area contributed by atoms with Crippen LogP contribution in [0.2, 0.25) is 0 Å². The third kappa shape index (κ3) is 2.62. The number of carbonyl (C=O) groups excluding carboxylic acids is 2. The van der Waals surface area contributed by atoms with Crippen molar-refractivity contribution >= 4 is 11.8 Å². The lowest BCUT2D eigenvalue weighted by Crippen LogP contribution is -2.74. The smallest absolute Gasteiger partial charge is 0.244 e. The fraction of sp³-hybridized carbons (Fsp3) is 0.556. The van der Waals surface area contributed by atoms with Gasteiger partial charge in [-0.3, -0.25) is 9.59 Å². The molecule has 1 atom stereocenters. The minimum Gasteiger partial charge on any atom is -0.350 e. The summed E-state index contributed by atoms with van der Waals surface area (Å²) in [4.78, 5) is 27.0. The molecule has 5 heteroatoms. The average Bonchev–Trinajstić information content (AvgIpc) is 3.03. The summed E-state index contributed by atoms with van der Waals surface area (Å²) in [5.74, 6) is -0.253. The van der Waals surface area contributed by atoms with E-state index in [2.05, 4.69) is 5.32 Å². The predicted molar refractivity (Wildman–Crippen MR) is 84.9 cm³/mol. The van der Waals surface area contributed by atoms with Gasteiger partial charge < -0.3 is 10.2 Å². The van der Waals surface area contributed by atoms with Crippen molar-refractivity contribution in [3.63, 3.8) is 0 Å². The zero-order chi connectivity index (χ0) is 16.6. The molecule has 4 nitrogen and oxygen atoms in total. The minimum atomic E-state index is -0.475. The highest BCUT2D eigenvalue weighted by molar-refractivity contribution is 6.02. The normalized spacial score (nSPS) is 22.5. The first-order valence-electron chi connectivity index (χ1n) is 8.30. The van der Waals surface area contributed by atoms with Gasteiger partial charge in [0, 0.05) is 12.6 Å². The Labute approximate surface area is 136 Å². The Hall–Kier alpha value is -1.91. The van der Waals surface area contributed by atoms with E-state index in [0.29, 0.717) is 6.54 Å². The lowest BCUT2D eigenvalue weighted by molar-refractivity contribution is -0.181. The molecule has 0 aromatic heterocycles. The van der Waals surface area contributed by atoms with Crippen molar-refractivity contribution in [2.24, 2.45) is 5.41 Å². The molecule has 3 rings (SSSR count). The van der Waals surface area contributed by atoms with Gasteiger partial charge in [-0.1, -0.05) is 25.0 Å². The van der Waals surface area contributed by atoms with Gasteiger partial charge >= 0.3 is 0 Å². The highest BCUT2D eigenvalue weighted by Gasteiger charge is 2.64. The van der Waals surface area contributed by atoms with E-state index in [1.54, 1.807) is 17.0 Å². The molecular weight excluding hydrogens is 295 g/mol. The van der Waals surface area contributed by atoms with E-state index >= 15 is 0 Å². The van der Waals surface area contributed by atoms with Crippen molar-refractivity contribution < 1.29 is 14.0 Å². The van der Waals surface area contributed by atoms with E-state index < -0.39 is 5.41 Å². The number of hydrogen-bond donors (Lipinski definition) is 1. The zero-order valence-electron chi connectivity index (χ0n) is 13.6. The van der Waals surface area contributed by atoms with Crippen LogP contribution in [-0.4, -0.2) is 28.8 Å². The van der Waals surface area contributed by atoms with Crippen LogP contribution < -0.4 is 5.32 Å². The number of nitrogens with zero attached hydrogens (tertiary/aromatic N) is 1. The number of hydrogen-bond acceptors (Lipinski definition) is 2. The van der Waals surface area contributed by atoms with E-state index in [1.807, 2.05) is 13.8 Å². The summed E-state index contributed by atoms with van der Waals surface area (Å²) in [6.45, 7) is 4.24. The molecule has 1 spiro atoms. The Kier molecular flexibility index (Phi) is 4.13. The van der Waals surface area contributed by atoms with E-state index in [9.17, 15) is 14.0 Å². The van der Waals surface area contributed by atoms with Gasteiger partial charge in [0.15, 0.2) is 0 Å². The third-order valence-corrected chi connectivity index (χ3v) is 5.14. The second kappa shape index (κ2) is 5.95. The van der Waals surface area contributed by atoms with E-state index in [0.717, 1.165) is 31.2 Å². The Morgan fingerprint density at radius 2 is 1.91 bits per heavy atom. The highest BCUT2D eigenvalue weighted by Crippen LogP contribution is 2.52. The van der Waals surface area contributed by atoms with E-state index in [4.69, 9.17) is 0 Å². The number of benzene rings is 1. The number of carbonyl (C=O) groups is 2. The Morgan fingerprint density at radius 1 is 1.30 bits per heavy atom. The van der Waals surface area contributed by atoms with E-state index in [1.165, 1.54) is 12.1 Å². The molecule has 1 saturated heterocycles. The van der Waals surface area contributed by atoms with Gasteiger partial charge in [0.25, 0.3) is 0 Å². The predicted octanol–water partition coefficient (Wildman–Crippen LogP) is 2.62. The monoisotopic (exact) mass is 318 g/mol. The summed E-state index contributed by atoms with van der Waals surface area (Å²) in [5, 5.41) is 2.92. The van der Waals surface area contributed by atoms with Crippen LogP contribution in [0.1, 0.15) is 45.1 Å². The number of halogens is 1. The van der Waals surface area contributed by atoms with Gasteiger partial charge in [0.1, 0.15) is 11.9 Å². The van der Waals surface area contributed by atoms with Crippen LogP contribution in [-0.2, 0) is 16.1 Å². The molecule has 2 aliphatic rings. The van der Waals surface area contributed by atoms with Gasteiger partial charge in [-0.15, -0.1) is 0 Å². The second-order valence-electron chi connectivity index (χ2n) is 6.92. The SMILES string of the molecule is CC(C)N1C(=O)C2(CCCC2)C1C(=O)NCc1ccc(F)cc1. The molecule has 1 aliphatic carbocycles. The summed E-state index contributed by atoms with van der Waals surface area (Å²) >= 11 is 0. The molecule has 124 valence electrons. The quantitative estimate of drug-likeness (QED) is 0.868. The maximum absolute atomic E-state index is 12.9. The van der Waals surface area contributed by atoms with Crippen molar-refractivity contribution in [1.29, 1.82) is 0 Å². The number of nitrogens with one attached hydrogen (secondary N) is 1. The van der Waals surface area contributed by atoms with Crippen molar-refractivity contribution in [2.75, 3.05) is 0 Å². The molecule has 1 N–H and O–H groups in total. The third-order valence-electron chi connectivity index (χ3n) is 5.14. The van der Waals surface area contributed by atoms with Crippen LogP contribution >= 0.6 is 0 Å². The standard InChI is InChI=1S/C18H23FN2O2/c1-12(2)21-15(18(17(21)23)9-3-4-10-18)16(22)20-11-13-5-7-14(19)8-6-13/h5-8,12,15H,3-4,9-11H2,1-2H3,(H,20,22). The minimum absolute atomic E-state index is 0.0234. The van der Waals surface area contributed by atoms with Crippen LogP contribution in [0.25, 0.3) is 0 Å². The van der Waals surface area contributed by atoms with Crippen molar-refractivity contribution in [1.82, 2.24) is 10.2 Å². The number of rotatable bonds is 4. The summed E-state index contributed by atoms with van der Waals surface area (Å²) in [5.41, 5.74) is 0.374. The molecule has 2 amide bonds. The zero-order valence-corrected chi connectivity index (χ0v) is 13.6. The molecule has 1 unspecified atom stereocenters. The number of β-lactam (4-membered cyclic amide) rings is 1. The van der Waals surface area contributed by atoms with Gasteiger partial charge in [-0.2, -0.15) is 0 Å². The molecule has 0 radical (unpaired) electrons. The lowest BCUT2D eigenvalue weighted by atomic mass is 9.68. The largest absolute Gasteiger partial charge is 0.350 e. The molecule has 1 heterocycles. The maximum atomic E-state index is 12.9. The fourth-order valence-electron chi connectivity index (χ4n) is 3.98. The molecular formula is C18H23FN2O2. The Bertz CT molecular complexity index is 606. The van der Waals surface area contributed by atoms with Gasteiger partial charge in [0.05, 0.1) is 5.41 Å².